The average molecular weight is 413 g/mol. The van der Waals surface area contributed by atoms with Crippen LogP contribution in [0.1, 0.15) is 86.5 Å². The molecule has 10 atom stereocenters. The SMILES string of the molecule is CC(C)[C@@H](C)C=C[C@@H](C)[C@H]1CC[C@H]2C3=C[C@H]4O[C@]3(CC[C@]12C)[C@@]1(C)CC[C@H](O)CC41. The van der Waals surface area contributed by atoms with Gasteiger partial charge in [-0.15, -0.1) is 0 Å². The fourth-order valence-electron chi connectivity index (χ4n) is 8.67. The largest absolute Gasteiger partial charge is 0.393 e. The van der Waals surface area contributed by atoms with Gasteiger partial charge in [0.05, 0.1) is 17.8 Å². The van der Waals surface area contributed by atoms with Gasteiger partial charge in [0.15, 0.2) is 0 Å². The zero-order chi connectivity index (χ0) is 21.5. The maximum atomic E-state index is 10.3. The summed E-state index contributed by atoms with van der Waals surface area (Å²) in [7, 11) is 0. The Labute approximate surface area is 184 Å². The van der Waals surface area contributed by atoms with Crippen LogP contribution in [0.4, 0.5) is 0 Å². The molecule has 2 bridgehead atoms. The normalized spacial score (nSPS) is 51.6. The molecule has 2 nitrogen and oxygen atoms in total. The van der Waals surface area contributed by atoms with Gasteiger partial charge in [-0.25, -0.2) is 0 Å². The van der Waals surface area contributed by atoms with Crippen LogP contribution in [0.5, 0.6) is 0 Å². The van der Waals surface area contributed by atoms with Crippen LogP contribution in [0.3, 0.4) is 0 Å². The molecule has 0 aromatic heterocycles. The number of hydrogen-bond donors (Lipinski definition) is 1. The van der Waals surface area contributed by atoms with Crippen molar-refractivity contribution in [3.05, 3.63) is 23.8 Å². The fraction of sp³-hybridized carbons (Fsp3) is 0.857. The van der Waals surface area contributed by atoms with Gasteiger partial charge in [0.2, 0.25) is 0 Å². The number of aliphatic hydroxyl groups excluding tert-OH is 1. The van der Waals surface area contributed by atoms with Crippen molar-refractivity contribution in [1.82, 2.24) is 0 Å². The van der Waals surface area contributed by atoms with E-state index in [2.05, 4.69) is 59.8 Å². The summed E-state index contributed by atoms with van der Waals surface area (Å²) in [6.45, 7) is 14.6. The Morgan fingerprint density at radius 3 is 2.53 bits per heavy atom. The Balaban J connectivity index is 1.41. The lowest BCUT2D eigenvalue weighted by atomic mass is 9.47. The minimum atomic E-state index is -0.121. The smallest absolute Gasteiger partial charge is 0.0960 e. The van der Waals surface area contributed by atoms with Crippen molar-refractivity contribution >= 4 is 0 Å². The van der Waals surface area contributed by atoms with E-state index in [9.17, 15) is 5.11 Å². The van der Waals surface area contributed by atoms with E-state index in [1.54, 1.807) is 5.57 Å². The van der Waals surface area contributed by atoms with Crippen molar-refractivity contribution in [2.45, 2.75) is 104 Å². The predicted octanol–water partition coefficient (Wildman–Crippen LogP) is 6.54. The van der Waals surface area contributed by atoms with Crippen molar-refractivity contribution in [3.8, 4) is 0 Å². The Bertz CT molecular complexity index is 752. The number of rotatable bonds is 4. The van der Waals surface area contributed by atoms with E-state index < -0.39 is 0 Å². The summed E-state index contributed by atoms with van der Waals surface area (Å²) in [6.07, 6.45) is 15.9. The van der Waals surface area contributed by atoms with Gasteiger partial charge in [0, 0.05) is 5.41 Å². The molecule has 2 heterocycles. The van der Waals surface area contributed by atoms with Crippen LogP contribution in [0.15, 0.2) is 23.8 Å². The maximum Gasteiger partial charge on any atom is 0.0960 e. The second kappa shape index (κ2) is 6.95. The van der Waals surface area contributed by atoms with E-state index in [0.29, 0.717) is 35.0 Å². The molecule has 1 unspecified atom stereocenters. The van der Waals surface area contributed by atoms with Gasteiger partial charge in [-0.2, -0.15) is 0 Å². The van der Waals surface area contributed by atoms with Gasteiger partial charge in [-0.3, -0.25) is 0 Å². The van der Waals surface area contributed by atoms with Crippen molar-refractivity contribution in [2.75, 3.05) is 0 Å². The van der Waals surface area contributed by atoms with Gasteiger partial charge >= 0.3 is 0 Å². The molecule has 5 rings (SSSR count). The maximum absolute atomic E-state index is 10.3. The minimum Gasteiger partial charge on any atom is -0.393 e. The molecule has 0 radical (unpaired) electrons. The molecular weight excluding hydrogens is 368 g/mol. The van der Waals surface area contributed by atoms with Gasteiger partial charge < -0.3 is 9.84 Å². The van der Waals surface area contributed by atoms with Gasteiger partial charge in [0.25, 0.3) is 0 Å². The summed E-state index contributed by atoms with van der Waals surface area (Å²) in [4.78, 5) is 0. The van der Waals surface area contributed by atoms with Crippen molar-refractivity contribution in [3.63, 3.8) is 0 Å². The molecule has 1 N–H and O–H groups in total. The summed E-state index contributed by atoms with van der Waals surface area (Å²) in [6, 6.07) is 0. The van der Waals surface area contributed by atoms with Crippen LogP contribution in [-0.4, -0.2) is 22.9 Å². The molecule has 168 valence electrons. The van der Waals surface area contributed by atoms with Crippen LogP contribution < -0.4 is 0 Å². The molecule has 30 heavy (non-hydrogen) atoms. The molecule has 0 amide bonds. The van der Waals surface area contributed by atoms with Crippen LogP contribution in [0.25, 0.3) is 0 Å². The first-order valence-electron chi connectivity index (χ1n) is 12.9. The van der Waals surface area contributed by atoms with Gasteiger partial charge in [0.1, 0.15) is 0 Å². The van der Waals surface area contributed by atoms with E-state index in [1.165, 1.54) is 25.7 Å². The number of ether oxygens (including phenoxy) is 1. The summed E-state index contributed by atoms with van der Waals surface area (Å²) in [5.41, 5.74) is 2.31. The van der Waals surface area contributed by atoms with Crippen molar-refractivity contribution in [2.24, 2.45) is 46.3 Å². The molecule has 1 saturated heterocycles. The first-order chi connectivity index (χ1) is 14.1. The van der Waals surface area contributed by atoms with Crippen LogP contribution in [-0.2, 0) is 4.74 Å². The molecule has 0 aromatic rings. The highest BCUT2D eigenvalue weighted by molar-refractivity contribution is 5.42. The highest BCUT2D eigenvalue weighted by Crippen LogP contribution is 2.73. The highest BCUT2D eigenvalue weighted by atomic mass is 16.5. The predicted molar refractivity (Wildman–Crippen MR) is 123 cm³/mol. The second-order valence-electron chi connectivity index (χ2n) is 12.6. The molecule has 0 aromatic carbocycles. The minimum absolute atomic E-state index is 0.0211. The molecular formula is C28H44O2. The quantitative estimate of drug-likeness (QED) is 0.531. The van der Waals surface area contributed by atoms with Crippen molar-refractivity contribution in [1.29, 1.82) is 0 Å². The number of fused-ring (bicyclic) bond motifs is 5. The first kappa shape index (κ1) is 21.3. The Morgan fingerprint density at radius 1 is 1.03 bits per heavy atom. The van der Waals surface area contributed by atoms with Gasteiger partial charge in [-0.1, -0.05) is 59.8 Å². The van der Waals surface area contributed by atoms with Gasteiger partial charge in [-0.05, 0) is 91.4 Å². The van der Waals surface area contributed by atoms with E-state index >= 15 is 0 Å². The Morgan fingerprint density at radius 2 is 1.80 bits per heavy atom. The molecule has 4 fully saturated rings. The van der Waals surface area contributed by atoms with Crippen LogP contribution in [0.2, 0.25) is 0 Å². The molecule has 1 spiro atoms. The Kier molecular flexibility index (Phi) is 4.92. The third kappa shape index (κ3) is 2.68. The molecule has 2 aliphatic heterocycles. The first-order valence-corrected chi connectivity index (χ1v) is 12.9. The lowest BCUT2D eigenvalue weighted by molar-refractivity contribution is -0.0905. The molecule has 2 heteroatoms. The van der Waals surface area contributed by atoms with Crippen LogP contribution in [0, 0.1) is 46.3 Å². The summed E-state index contributed by atoms with van der Waals surface area (Å²) in [5.74, 6) is 4.03. The molecule has 5 aliphatic rings. The lowest BCUT2D eigenvalue weighted by Crippen LogP contribution is -2.57. The van der Waals surface area contributed by atoms with E-state index in [1.807, 2.05) is 0 Å². The average Bonchev–Trinajstić information content (AvgIpc) is 3.32. The zero-order valence-electron chi connectivity index (χ0n) is 20.2. The number of hydrogen-bond acceptors (Lipinski definition) is 2. The van der Waals surface area contributed by atoms with Crippen molar-refractivity contribution < 1.29 is 9.84 Å². The third-order valence-corrected chi connectivity index (χ3v) is 11.0. The monoisotopic (exact) mass is 412 g/mol. The summed E-state index contributed by atoms with van der Waals surface area (Å²) < 4.78 is 6.90. The zero-order valence-corrected chi connectivity index (χ0v) is 20.2. The topological polar surface area (TPSA) is 29.5 Å². The van der Waals surface area contributed by atoms with E-state index in [-0.39, 0.29) is 23.2 Å². The number of aliphatic hydroxyl groups is 1. The lowest BCUT2D eigenvalue weighted by Gasteiger charge is -2.57. The third-order valence-electron chi connectivity index (χ3n) is 11.0. The highest BCUT2D eigenvalue weighted by Gasteiger charge is 2.72. The number of allylic oxidation sites excluding steroid dienone is 2. The van der Waals surface area contributed by atoms with E-state index in [4.69, 9.17) is 4.74 Å². The molecule has 3 saturated carbocycles. The molecule has 3 aliphatic carbocycles. The van der Waals surface area contributed by atoms with Crippen LogP contribution >= 0.6 is 0 Å². The fourth-order valence-corrected chi connectivity index (χ4v) is 8.67. The second-order valence-corrected chi connectivity index (χ2v) is 12.6. The standard InChI is InChI=1S/C28H44O2/c1-17(2)18(3)7-8-19(4)21-9-10-22-23-16-25-24-15-20(29)11-12-27(24,6)28(23,30-25)14-13-26(21,22)5/h7-8,16-22,24-25,29H,9-15H2,1-6H3/t18-,19+,20-,21+,22-,24?,25+,26+,27-,28-/m0/s1. The Hall–Kier alpha value is -0.600. The summed E-state index contributed by atoms with van der Waals surface area (Å²) >= 11 is 0. The van der Waals surface area contributed by atoms with E-state index in [0.717, 1.165) is 25.2 Å². The summed E-state index contributed by atoms with van der Waals surface area (Å²) in [5, 5.41) is 10.3.